The maximum Gasteiger partial charge on any atom is 0.272 e. The van der Waals surface area contributed by atoms with Crippen LogP contribution in [0.4, 0.5) is 5.69 Å². The van der Waals surface area contributed by atoms with Crippen molar-refractivity contribution in [3.8, 4) is 0 Å². The van der Waals surface area contributed by atoms with Crippen molar-refractivity contribution in [1.82, 2.24) is 0 Å². The second-order valence-electron chi connectivity index (χ2n) is 4.87. The Morgan fingerprint density at radius 2 is 1.80 bits per heavy atom. The predicted molar refractivity (Wildman–Crippen MR) is 79.8 cm³/mol. The smallest absolute Gasteiger partial charge is 0.272 e. The fraction of sp³-hybridized carbons (Fsp3) is 0.250. The number of aryl methyl sites for hydroxylation is 1. The van der Waals surface area contributed by atoms with E-state index in [0.717, 1.165) is 28.7 Å². The molecule has 20 heavy (non-hydrogen) atoms. The number of nitro benzene ring substituents is 1. The molecule has 0 atom stereocenters. The molecule has 2 aromatic carbocycles. The minimum absolute atomic E-state index is 0.179. The van der Waals surface area contributed by atoms with Gasteiger partial charge in [-0.25, -0.2) is 0 Å². The first kappa shape index (κ1) is 14.2. The molecule has 0 amide bonds. The summed E-state index contributed by atoms with van der Waals surface area (Å²) in [6.07, 6.45) is 1.35. The van der Waals surface area contributed by atoms with E-state index in [1.807, 2.05) is 37.3 Å². The van der Waals surface area contributed by atoms with E-state index in [2.05, 4.69) is 0 Å². The van der Waals surface area contributed by atoms with Crippen molar-refractivity contribution in [3.63, 3.8) is 0 Å². The molecule has 0 aliphatic heterocycles. The number of nitrogens with two attached hydrogens (primary N) is 1. The molecular formula is C16H18N2O2. The molecule has 0 saturated heterocycles. The predicted octanol–water partition coefficient (Wildman–Crippen LogP) is 3.00. The van der Waals surface area contributed by atoms with E-state index in [9.17, 15) is 10.1 Å². The average Bonchev–Trinajstić information content (AvgIpc) is 2.41. The van der Waals surface area contributed by atoms with E-state index in [1.165, 1.54) is 0 Å². The third-order valence-corrected chi connectivity index (χ3v) is 3.34. The lowest BCUT2D eigenvalue weighted by Crippen LogP contribution is -2.06. The highest BCUT2D eigenvalue weighted by molar-refractivity contribution is 5.46. The molecule has 2 aromatic rings. The molecule has 0 heterocycles. The molecule has 0 unspecified atom stereocenters. The van der Waals surface area contributed by atoms with Crippen LogP contribution in [-0.2, 0) is 12.8 Å². The van der Waals surface area contributed by atoms with E-state index in [-0.39, 0.29) is 10.6 Å². The first-order valence-corrected chi connectivity index (χ1v) is 6.62. The molecule has 0 aliphatic carbocycles. The number of nitrogens with zero attached hydrogens (tertiary/aromatic N) is 1. The Kier molecular flexibility index (Phi) is 4.48. The van der Waals surface area contributed by atoms with Crippen LogP contribution in [0, 0.1) is 17.0 Å². The van der Waals surface area contributed by atoms with Crippen molar-refractivity contribution < 1.29 is 4.92 Å². The van der Waals surface area contributed by atoms with Crippen molar-refractivity contribution in [2.45, 2.75) is 19.8 Å². The zero-order chi connectivity index (χ0) is 14.5. The molecule has 4 heteroatoms. The topological polar surface area (TPSA) is 69.2 Å². The van der Waals surface area contributed by atoms with E-state index >= 15 is 0 Å². The van der Waals surface area contributed by atoms with Crippen molar-refractivity contribution in [2.75, 3.05) is 6.54 Å². The van der Waals surface area contributed by atoms with E-state index in [0.29, 0.717) is 13.0 Å². The van der Waals surface area contributed by atoms with Gasteiger partial charge in [0, 0.05) is 18.1 Å². The van der Waals surface area contributed by atoms with Crippen LogP contribution in [0.15, 0.2) is 42.5 Å². The summed E-state index contributed by atoms with van der Waals surface area (Å²) in [7, 11) is 0. The summed E-state index contributed by atoms with van der Waals surface area (Å²) in [5.41, 5.74) is 9.84. The molecule has 0 aliphatic rings. The van der Waals surface area contributed by atoms with Crippen molar-refractivity contribution in [3.05, 3.63) is 74.8 Å². The SMILES string of the molecule is Cc1ccc([N+](=O)[O-])c(Cc2ccccc2CCN)c1. The second-order valence-corrected chi connectivity index (χ2v) is 4.87. The summed E-state index contributed by atoms with van der Waals surface area (Å²) in [5, 5.41) is 11.1. The second kappa shape index (κ2) is 6.30. The van der Waals surface area contributed by atoms with Gasteiger partial charge < -0.3 is 5.73 Å². The Morgan fingerprint density at radius 3 is 2.45 bits per heavy atom. The van der Waals surface area contributed by atoms with Crippen LogP contribution in [0.25, 0.3) is 0 Å². The largest absolute Gasteiger partial charge is 0.330 e. The van der Waals surface area contributed by atoms with Gasteiger partial charge in [-0.15, -0.1) is 0 Å². The van der Waals surface area contributed by atoms with Crippen LogP contribution < -0.4 is 5.73 Å². The molecular weight excluding hydrogens is 252 g/mol. The van der Waals surface area contributed by atoms with Gasteiger partial charge in [0.2, 0.25) is 0 Å². The lowest BCUT2D eigenvalue weighted by Gasteiger charge is -2.09. The third-order valence-electron chi connectivity index (χ3n) is 3.34. The molecule has 0 aromatic heterocycles. The van der Waals surface area contributed by atoms with Gasteiger partial charge in [0.05, 0.1) is 4.92 Å². The molecule has 0 fully saturated rings. The maximum absolute atomic E-state index is 11.1. The third kappa shape index (κ3) is 3.22. The van der Waals surface area contributed by atoms with Crippen LogP contribution in [0.2, 0.25) is 0 Å². The van der Waals surface area contributed by atoms with Crippen molar-refractivity contribution >= 4 is 5.69 Å². The highest BCUT2D eigenvalue weighted by Gasteiger charge is 2.14. The summed E-state index contributed by atoms with van der Waals surface area (Å²) in [4.78, 5) is 10.8. The van der Waals surface area contributed by atoms with E-state index in [1.54, 1.807) is 12.1 Å². The highest BCUT2D eigenvalue weighted by atomic mass is 16.6. The van der Waals surface area contributed by atoms with Crippen LogP contribution in [0.3, 0.4) is 0 Å². The minimum Gasteiger partial charge on any atom is -0.330 e. The number of hydrogen-bond acceptors (Lipinski definition) is 3. The molecule has 0 saturated carbocycles. The van der Waals surface area contributed by atoms with Gasteiger partial charge in [-0.05, 0) is 37.1 Å². The standard InChI is InChI=1S/C16H18N2O2/c1-12-6-7-16(18(19)20)15(10-12)11-14-5-3-2-4-13(14)8-9-17/h2-7,10H,8-9,11,17H2,1H3. The Balaban J connectivity index is 2.39. The molecule has 0 spiro atoms. The fourth-order valence-electron chi connectivity index (χ4n) is 2.37. The summed E-state index contributed by atoms with van der Waals surface area (Å²) in [6, 6.07) is 13.2. The van der Waals surface area contributed by atoms with E-state index in [4.69, 9.17) is 5.73 Å². The van der Waals surface area contributed by atoms with Crippen molar-refractivity contribution in [1.29, 1.82) is 0 Å². The van der Waals surface area contributed by atoms with Gasteiger partial charge in [0.15, 0.2) is 0 Å². The Morgan fingerprint density at radius 1 is 1.10 bits per heavy atom. The van der Waals surface area contributed by atoms with Crippen LogP contribution in [-0.4, -0.2) is 11.5 Å². The van der Waals surface area contributed by atoms with Crippen molar-refractivity contribution in [2.24, 2.45) is 5.73 Å². The number of rotatable bonds is 5. The monoisotopic (exact) mass is 270 g/mol. The molecule has 2 N–H and O–H groups in total. The maximum atomic E-state index is 11.1. The van der Waals surface area contributed by atoms with Crippen LogP contribution in [0.1, 0.15) is 22.3 Å². The summed E-state index contributed by atoms with van der Waals surface area (Å²) in [5.74, 6) is 0. The molecule has 0 radical (unpaired) electrons. The van der Waals surface area contributed by atoms with Crippen LogP contribution in [0.5, 0.6) is 0 Å². The summed E-state index contributed by atoms with van der Waals surface area (Å²) >= 11 is 0. The summed E-state index contributed by atoms with van der Waals surface area (Å²) in [6.45, 7) is 2.52. The number of benzene rings is 2. The van der Waals surface area contributed by atoms with Gasteiger partial charge >= 0.3 is 0 Å². The molecule has 4 nitrogen and oxygen atoms in total. The zero-order valence-corrected chi connectivity index (χ0v) is 11.5. The molecule has 104 valence electrons. The van der Waals surface area contributed by atoms with Gasteiger partial charge in [0.1, 0.15) is 0 Å². The molecule has 0 bridgehead atoms. The quantitative estimate of drug-likeness (QED) is 0.670. The first-order chi connectivity index (χ1) is 9.61. The Hall–Kier alpha value is -2.20. The zero-order valence-electron chi connectivity index (χ0n) is 11.5. The fourth-order valence-corrected chi connectivity index (χ4v) is 2.37. The highest BCUT2D eigenvalue weighted by Crippen LogP contribution is 2.24. The van der Waals surface area contributed by atoms with Gasteiger partial charge in [0.25, 0.3) is 5.69 Å². The van der Waals surface area contributed by atoms with Gasteiger partial charge in [-0.1, -0.05) is 35.9 Å². The van der Waals surface area contributed by atoms with Gasteiger partial charge in [-0.3, -0.25) is 10.1 Å². The summed E-state index contributed by atoms with van der Waals surface area (Å²) < 4.78 is 0. The lowest BCUT2D eigenvalue weighted by atomic mass is 9.96. The minimum atomic E-state index is -0.319. The first-order valence-electron chi connectivity index (χ1n) is 6.62. The van der Waals surface area contributed by atoms with Gasteiger partial charge in [-0.2, -0.15) is 0 Å². The Labute approximate surface area is 118 Å². The number of hydrogen-bond donors (Lipinski definition) is 1. The van der Waals surface area contributed by atoms with E-state index < -0.39 is 0 Å². The van der Waals surface area contributed by atoms with Crippen LogP contribution >= 0.6 is 0 Å². The normalized spacial score (nSPS) is 10.5. The Bertz CT molecular complexity index is 624. The lowest BCUT2D eigenvalue weighted by molar-refractivity contribution is -0.385. The number of nitro groups is 1. The average molecular weight is 270 g/mol. The molecule has 2 rings (SSSR count).